The van der Waals surface area contributed by atoms with Crippen LogP contribution in [0.3, 0.4) is 0 Å². The van der Waals surface area contributed by atoms with Crippen LogP contribution in [0.5, 0.6) is 0 Å². The second-order valence-electron chi connectivity index (χ2n) is 15.9. The average Bonchev–Trinajstić information content (AvgIpc) is 3.70. The topological polar surface area (TPSA) is 173 Å². The summed E-state index contributed by atoms with van der Waals surface area (Å²) in [6, 6.07) is 12.2. The van der Waals surface area contributed by atoms with Gasteiger partial charge in [0, 0.05) is 55.1 Å². The number of para-hydroxylation sites is 1. The third-order valence-corrected chi connectivity index (χ3v) is 12.1. The first-order valence-electron chi connectivity index (χ1n) is 20.4. The van der Waals surface area contributed by atoms with Gasteiger partial charge in [-0.3, -0.25) is 19.5 Å². The van der Waals surface area contributed by atoms with Crippen molar-refractivity contribution in [2.45, 2.75) is 102 Å². The molecule has 0 aliphatic carbocycles. The highest BCUT2D eigenvalue weighted by atomic mass is 16.2. The van der Waals surface area contributed by atoms with E-state index in [0.29, 0.717) is 64.4 Å². The quantitative estimate of drug-likeness (QED) is 0.134. The lowest BCUT2D eigenvalue weighted by Crippen LogP contribution is -2.58. The lowest BCUT2D eigenvalue weighted by Gasteiger charge is -2.41. The molecule has 3 aliphatic heterocycles. The minimum Gasteiger partial charge on any atom is -0.343 e. The molecule has 294 valence electrons. The number of hydrogen-bond donors (Lipinski definition) is 5. The van der Waals surface area contributed by atoms with Crippen LogP contribution in [-0.4, -0.2) is 112 Å². The number of aromatic amines is 2. The van der Waals surface area contributed by atoms with E-state index in [9.17, 15) is 19.2 Å². The number of benzene rings is 2. The Balaban J connectivity index is 1.04. The van der Waals surface area contributed by atoms with E-state index in [1.807, 2.05) is 54.3 Å². The third-order valence-electron chi connectivity index (χ3n) is 12.1. The third kappa shape index (κ3) is 9.21. The molecular weight excluding hydrogens is 695 g/mol. The fraction of sp³-hybridized carbons (Fsp3) is 0.548. The number of aryl methyl sites for hydroxylation is 1. The van der Waals surface area contributed by atoms with Crippen LogP contribution < -0.4 is 21.9 Å². The molecule has 13 nitrogen and oxygen atoms in total. The maximum atomic E-state index is 14.3. The van der Waals surface area contributed by atoms with Crippen LogP contribution in [0.15, 0.2) is 53.5 Å². The molecule has 4 amide bonds. The number of nitrogens with zero attached hydrogens (tertiary/aromatic N) is 4. The highest BCUT2D eigenvalue weighted by Crippen LogP contribution is 2.28. The molecule has 7 rings (SSSR count). The van der Waals surface area contributed by atoms with Crippen molar-refractivity contribution in [3.8, 4) is 0 Å². The number of likely N-dealkylation sites (tertiary alicyclic amines) is 3. The Kier molecular flexibility index (Phi) is 12.5. The summed E-state index contributed by atoms with van der Waals surface area (Å²) in [7, 11) is 0. The number of amides is 4. The molecule has 3 saturated heterocycles. The van der Waals surface area contributed by atoms with Crippen LogP contribution in [0.4, 0.5) is 4.79 Å². The van der Waals surface area contributed by atoms with Gasteiger partial charge in [0.1, 0.15) is 12.1 Å². The number of nitrogens with two attached hydrogens (primary N) is 1. The van der Waals surface area contributed by atoms with Gasteiger partial charge in [-0.25, -0.2) is 4.79 Å². The number of carbonyl (C=O) groups excluding carboxylic acids is 3. The molecule has 0 spiro atoms. The lowest BCUT2D eigenvalue weighted by molar-refractivity contribution is -0.138. The van der Waals surface area contributed by atoms with Crippen molar-refractivity contribution in [2.75, 3.05) is 45.8 Å². The van der Waals surface area contributed by atoms with Crippen molar-refractivity contribution in [3.05, 3.63) is 75.7 Å². The minimum atomic E-state index is -0.924. The predicted octanol–water partition coefficient (Wildman–Crippen LogP) is 4.30. The van der Waals surface area contributed by atoms with Crippen molar-refractivity contribution < 1.29 is 14.4 Å². The van der Waals surface area contributed by atoms with E-state index in [1.165, 1.54) is 19.3 Å². The maximum absolute atomic E-state index is 14.3. The monoisotopic (exact) mass is 751 g/mol. The van der Waals surface area contributed by atoms with Crippen LogP contribution in [-0.2, 0) is 16.0 Å². The van der Waals surface area contributed by atoms with Gasteiger partial charge in [0.2, 0.25) is 11.8 Å². The Morgan fingerprint density at radius 1 is 0.873 bits per heavy atom. The molecule has 13 heteroatoms. The highest BCUT2D eigenvalue weighted by molar-refractivity contribution is 5.92. The summed E-state index contributed by atoms with van der Waals surface area (Å²) in [4.78, 5) is 64.6. The van der Waals surface area contributed by atoms with E-state index in [0.717, 1.165) is 70.8 Å². The number of H-pyrrole nitrogens is 2. The van der Waals surface area contributed by atoms with Crippen molar-refractivity contribution in [2.24, 2.45) is 5.73 Å². The molecule has 3 aliphatic rings. The average molecular weight is 752 g/mol. The summed E-state index contributed by atoms with van der Waals surface area (Å²) in [6.45, 7) is 7.02. The van der Waals surface area contributed by atoms with Crippen molar-refractivity contribution in [1.82, 2.24) is 40.5 Å². The van der Waals surface area contributed by atoms with Gasteiger partial charge in [-0.2, -0.15) is 5.10 Å². The van der Waals surface area contributed by atoms with Crippen LogP contribution in [0.2, 0.25) is 0 Å². The fourth-order valence-electron chi connectivity index (χ4n) is 8.95. The summed E-state index contributed by atoms with van der Waals surface area (Å²) in [6.07, 6.45) is 10.9. The van der Waals surface area contributed by atoms with Crippen molar-refractivity contribution in [1.29, 1.82) is 0 Å². The van der Waals surface area contributed by atoms with Gasteiger partial charge in [0.25, 0.3) is 5.56 Å². The number of pyridine rings is 1. The van der Waals surface area contributed by atoms with Gasteiger partial charge in [-0.05, 0) is 125 Å². The zero-order valence-corrected chi connectivity index (χ0v) is 32.2. The molecule has 0 bridgehead atoms. The molecule has 6 N–H and O–H groups in total. The number of piperidine rings is 3. The Morgan fingerprint density at radius 2 is 1.62 bits per heavy atom. The number of aromatic nitrogens is 3. The molecule has 55 heavy (non-hydrogen) atoms. The molecule has 0 unspecified atom stereocenters. The first-order valence-corrected chi connectivity index (χ1v) is 20.4. The number of unbranched alkanes of at least 4 members (excludes halogenated alkanes) is 1. The Hall–Kier alpha value is -4.75. The molecule has 5 heterocycles. The summed E-state index contributed by atoms with van der Waals surface area (Å²) in [5.41, 5.74) is 10.1. The Bertz CT molecular complexity index is 2000. The van der Waals surface area contributed by atoms with Gasteiger partial charge in [0.05, 0.1) is 11.7 Å². The molecule has 4 aromatic rings. The minimum absolute atomic E-state index is 0.0198. The van der Waals surface area contributed by atoms with E-state index in [-0.39, 0.29) is 35.7 Å². The molecule has 3 fully saturated rings. The smallest absolute Gasteiger partial charge is 0.318 e. The number of rotatable bonds is 12. The maximum Gasteiger partial charge on any atom is 0.318 e. The number of fused-ring (bicyclic) bond motifs is 2. The standard InChI is InChI=1S/C42H57N9O4/c1-28-23-29(24-32-27-44-48-38(28)32)25-37(47-42(55)51-19-12-30(13-20-51)34-26-31-9-3-4-10-35(31)45-39(34)52)40(53)46-36(11-5-6-16-43)41(54)50-21-14-33(15-22-50)49-17-7-2-8-18-49/h3-4,9-10,23-24,26-27,30,33,36-37H,2,5-8,11-22,25,43H2,1H3,(H,44,48)(H,45,52)(H,46,53)(H,47,55)/t36-,37+/m0/s1. The van der Waals surface area contributed by atoms with Crippen molar-refractivity contribution >= 4 is 39.7 Å². The van der Waals surface area contributed by atoms with Gasteiger partial charge >= 0.3 is 6.03 Å². The molecule has 0 radical (unpaired) electrons. The highest BCUT2D eigenvalue weighted by Gasteiger charge is 2.34. The molecule has 2 aromatic carbocycles. The van der Waals surface area contributed by atoms with Crippen LogP contribution >= 0.6 is 0 Å². The van der Waals surface area contributed by atoms with Crippen LogP contribution in [0.1, 0.15) is 86.8 Å². The van der Waals surface area contributed by atoms with E-state index in [2.05, 4.69) is 30.7 Å². The predicted molar refractivity (Wildman–Crippen MR) is 215 cm³/mol. The molecule has 2 atom stereocenters. The first-order chi connectivity index (χ1) is 26.8. The van der Waals surface area contributed by atoms with E-state index < -0.39 is 12.1 Å². The lowest BCUT2D eigenvalue weighted by atomic mass is 9.89. The van der Waals surface area contributed by atoms with Gasteiger partial charge in [-0.1, -0.05) is 30.7 Å². The molecular formula is C42H57N9O4. The Labute approximate surface area is 322 Å². The second-order valence-corrected chi connectivity index (χ2v) is 15.9. The van der Waals surface area contributed by atoms with E-state index in [4.69, 9.17) is 5.73 Å². The fourth-order valence-corrected chi connectivity index (χ4v) is 8.95. The van der Waals surface area contributed by atoms with Crippen LogP contribution in [0.25, 0.3) is 21.8 Å². The van der Waals surface area contributed by atoms with Crippen molar-refractivity contribution in [3.63, 3.8) is 0 Å². The summed E-state index contributed by atoms with van der Waals surface area (Å²) >= 11 is 0. The number of urea groups is 1. The zero-order valence-electron chi connectivity index (χ0n) is 32.2. The van der Waals surface area contributed by atoms with Gasteiger partial charge < -0.3 is 36.1 Å². The van der Waals surface area contributed by atoms with Gasteiger partial charge in [-0.15, -0.1) is 0 Å². The zero-order chi connectivity index (χ0) is 38.3. The van der Waals surface area contributed by atoms with E-state index in [1.54, 1.807) is 11.1 Å². The Morgan fingerprint density at radius 3 is 2.38 bits per heavy atom. The largest absolute Gasteiger partial charge is 0.343 e. The summed E-state index contributed by atoms with van der Waals surface area (Å²) in [5.74, 6) is -0.425. The van der Waals surface area contributed by atoms with Gasteiger partial charge in [0.15, 0.2) is 0 Å². The number of hydrogen-bond acceptors (Lipinski definition) is 7. The number of carbonyl (C=O) groups is 3. The van der Waals surface area contributed by atoms with Crippen LogP contribution in [0, 0.1) is 6.92 Å². The normalized spacial score (nSPS) is 18.7. The SMILES string of the molecule is Cc1cc(C[C@@H](NC(=O)N2CCC(c3cc4ccccc4[nH]c3=O)CC2)C(=O)N[C@@H](CCCCN)C(=O)N2CCC(N3CCCCC3)CC2)cc2cn[nH]c12. The second kappa shape index (κ2) is 17.8. The first kappa shape index (κ1) is 38.5. The molecule has 0 saturated carbocycles. The van der Waals surface area contributed by atoms with E-state index >= 15 is 0 Å². The summed E-state index contributed by atoms with van der Waals surface area (Å²) in [5, 5.41) is 15.3. The summed E-state index contributed by atoms with van der Waals surface area (Å²) < 4.78 is 0. The number of nitrogens with one attached hydrogen (secondary N) is 4. The molecule has 2 aromatic heterocycles.